The highest BCUT2D eigenvalue weighted by molar-refractivity contribution is 5.83. The lowest BCUT2D eigenvalue weighted by molar-refractivity contribution is -0.139. The molecule has 0 aromatic carbocycles. The number of hydrogen-bond donors (Lipinski definition) is 1. The molecule has 1 aliphatic carbocycles. The van der Waals surface area contributed by atoms with Crippen LogP contribution in [0.25, 0.3) is 0 Å². The Bertz CT molecular complexity index is 345. The Morgan fingerprint density at radius 1 is 1.26 bits per heavy atom. The van der Waals surface area contributed by atoms with Gasteiger partial charge in [-0.1, -0.05) is 13.8 Å². The Hall–Kier alpha value is -1.06. The van der Waals surface area contributed by atoms with Crippen LogP contribution in [0, 0.1) is 11.3 Å². The van der Waals surface area contributed by atoms with Gasteiger partial charge in [0.25, 0.3) is 0 Å². The molecule has 4 nitrogen and oxygen atoms in total. The van der Waals surface area contributed by atoms with E-state index in [1.165, 1.54) is 12.8 Å². The summed E-state index contributed by atoms with van der Waals surface area (Å²) in [6.45, 7) is 5.13. The highest BCUT2D eigenvalue weighted by Crippen LogP contribution is 2.37. The fourth-order valence-electron chi connectivity index (χ4n) is 3.18. The maximum Gasteiger partial charge on any atom is 0.227 e. The highest BCUT2D eigenvalue weighted by Gasteiger charge is 2.33. The normalized spacial score (nSPS) is 27.7. The van der Waals surface area contributed by atoms with Crippen molar-refractivity contribution in [2.24, 2.45) is 11.3 Å². The van der Waals surface area contributed by atoms with Crippen LogP contribution in [-0.4, -0.2) is 36.3 Å². The van der Waals surface area contributed by atoms with Crippen molar-refractivity contribution in [3.8, 4) is 0 Å². The molecule has 1 heterocycles. The Kier molecular flexibility index (Phi) is 4.16. The molecular weight excluding hydrogens is 240 g/mol. The molecular formula is C15H26N2O2. The molecule has 19 heavy (non-hydrogen) atoms. The van der Waals surface area contributed by atoms with Gasteiger partial charge in [0.2, 0.25) is 11.8 Å². The predicted octanol–water partition coefficient (Wildman–Crippen LogP) is 1.94. The van der Waals surface area contributed by atoms with Crippen molar-refractivity contribution < 1.29 is 9.59 Å². The molecule has 1 saturated carbocycles. The minimum Gasteiger partial charge on any atom is -0.355 e. The zero-order valence-electron chi connectivity index (χ0n) is 12.4. The van der Waals surface area contributed by atoms with Crippen LogP contribution in [0.5, 0.6) is 0 Å². The van der Waals surface area contributed by atoms with E-state index in [-0.39, 0.29) is 17.7 Å². The fraction of sp³-hybridized carbons (Fsp3) is 0.867. The fourth-order valence-corrected chi connectivity index (χ4v) is 3.18. The van der Waals surface area contributed by atoms with Crippen LogP contribution in [0.15, 0.2) is 0 Å². The predicted molar refractivity (Wildman–Crippen MR) is 74.5 cm³/mol. The van der Waals surface area contributed by atoms with E-state index in [1.807, 2.05) is 11.9 Å². The largest absolute Gasteiger partial charge is 0.355 e. The van der Waals surface area contributed by atoms with Crippen molar-refractivity contribution in [2.45, 2.75) is 58.4 Å². The quantitative estimate of drug-likeness (QED) is 0.830. The number of rotatable bonds is 2. The van der Waals surface area contributed by atoms with Gasteiger partial charge in [-0.15, -0.1) is 0 Å². The summed E-state index contributed by atoms with van der Waals surface area (Å²) in [4.78, 5) is 25.5. The van der Waals surface area contributed by atoms with Gasteiger partial charge < -0.3 is 10.2 Å². The van der Waals surface area contributed by atoms with Gasteiger partial charge in [-0.2, -0.15) is 0 Å². The van der Waals surface area contributed by atoms with Gasteiger partial charge >= 0.3 is 0 Å². The lowest BCUT2D eigenvalue weighted by Crippen LogP contribution is -2.48. The standard InChI is InChI=1S/C15H26N2O2/c1-15(2)8-6-12(7-9-15)17(3)14(19)11-4-5-13(18)16-10-11/h11-12H,4-10H2,1-3H3,(H,16,18). The molecule has 2 amide bonds. The van der Waals surface area contributed by atoms with Crippen LogP contribution in [0.2, 0.25) is 0 Å². The topological polar surface area (TPSA) is 49.4 Å². The maximum atomic E-state index is 12.4. The number of carbonyl (C=O) groups excluding carboxylic acids is 2. The van der Waals surface area contributed by atoms with Crippen LogP contribution in [-0.2, 0) is 9.59 Å². The van der Waals surface area contributed by atoms with E-state index < -0.39 is 0 Å². The highest BCUT2D eigenvalue weighted by atomic mass is 16.2. The Labute approximate surface area is 115 Å². The first kappa shape index (κ1) is 14.4. The van der Waals surface area contributed by atoms with Crippen molar-refractivity contribution in [1.82, 2.24) is 10.2 Å². The number of carbonyl (C=O) groups is 2. The third kappa shape index (κ3) is 3.48. The average Bonchev–Trinajstić information content (AvgIpc) is 2.38. The zero-order chi connectivity index (χ0) is 14.0. The van der Waals surface area contributed by atoms with E-state index in [9.17, 15) is 9.59 Å². The van der Waals surface area contributed by atoms with E-state index >= 15 is 0 Å². The molecule has 1 saturated heterocycles. The Morgan fingerprint density at radius 3 is 2.42 bits per heavy atom. The van der Waals surface area contributed by atoms with Crippen molar-refractivity contribution in [3.63, 3.8) is 0 Å². The lowest BCUT2D eigenvalue weighted by atomic mass is 9.75. The van der Waals surface area contributed by atoms with Crippen LogP contribution < -0.4 is 5.32 Å². The maximum absolute atomic E-state index is 12.4. The molecule has 4 heteroatoms. The first-order chi connectivity index (χ1) is 8.89. The smallest absolute Gasteiger partial charge is 0.227 e. The van der Waals surface area contributed by atoms with Gasteiger partial charge in [-0.25, -0.2) is 0 Å². The first-order valence-electron chi connectivity index (χ1n) is 7.42. The van der Waals surface area contributed by atoms with Crippen LogP contribution in [0.3, 0.4) is 0 Å². The summed E-state index contributed by atoms with van der Waals surface area (Å²) in [7, 11) is 1.93. The second kappa shape index (κ2) is 5.51. The number of hydrogen-bond acceptors (Lipinski definition) is 2. The molecule has 0 aromatic rings. The summed E-state index contributed by atoms with van der Waals surface area (Å²) in [5.74, 6) is 0.272. The molecule has 1 aliphatic heterocycles. The number of nitrogens with one attached hydrogen (secondary N) is 1. The van der Waals surface area contributed by atoms with Crippen molar-refractivity contribution in [3.05, 3.63) is 0 Å². The third-order valence-corrected chi connectivity index (χ3v) is 4.82. The molecule has 108 valence electrons. The van der Waals surface area contributed by atoms with Crippen LogP contribution in [0.4, 0.5) is 0 Å². The summed E-state index contributed by atoms with van der Waals surface area (Å²) in [6.07, 6.45) is 5.78. The zero-order valence-corrected chi connectivity index (χ0v) is 12.4. The SMILES string of the molecule is CN(C(=O)C1CCC(=O)NC1)C1CCC(C)(C)CC1. The minimum atomic E-state index is -0.0161. The van der Waals surface area contributed by atoms with Gasteiger partial charge in [0, 0.05) is 26.1 Å². The summed E-state index contributed by atoms with van der Waals surface area (Å²) in [6, 6.07) is 0.387. The van der Waals surface area contributed by atoms with Crippen molar-refractivity contribution in [1.29, 1.82) is 0 Å². The lowest BCUT2D eigenvalue weighted by Gasteiger charge is -2.40. The molecule has 2 rings (SSSR count). The molecule has 2 fully saturated rings. The van der Waals surface area contributed by atoms with Gasteiger partial charge in [-0.3, -0.25) is 9.59 Å². The number of amides is 2. The molecule has 1 atom stereocenters. The molecule has 2 aliphatic rings. The van der Waals surface area contributed by atoms with E-state index in [2.05, 4.69) is 19.2 Å². The molecule has 0 spiro atoms. The summed E-state index contributed by atoms with van der Waals surface area (Å²) < 4.78 is 0. The van der Waals surface area contributed by atoms with Crippen molar-refractivity contribution in [2.75, 3.05) is 13.6 Å². The second-order valence-corrected chi connectivity index (χ2v) is 6.88. The summed E-state index contributed by atoms with van der Waals surface area (Å²) in [5.41, 5.74) is 0.430. The van der Waals surface area contributed by atoms with E-state index in [4.69, 9.17) is 0 Å². The Balaban J connectivity index is 1.87. The van der Waals surface area contributed by atoms with E-state index in [0.717, 1.165) is 12.8 Å². The molecule has 0 aromatic heterocycles. The summed E-state index contributed by atoms with van der Waals surface area (Å²) in [5, 5.41) is 2.80. The van der Waals surface area contributed by atoms with Crippen molar-refractivity contribution >= 4 is 11.8 Å². The average molecular weight is 266 g/mol. The van der Waals surface area contributed by atoms with Crippen LogP contribution >= 0.6 is 0 Å². The molecule has 1 N–H and O–H groups in total. The number of nitrogens with zero attached hydrogens (tertiary/aromatic N) is 1. The van der Waals surface area contributed by atoms with Gasteiger partial charge in [0.05, 0.1) is 5.92 Å². The second-order valence-electron chi connectivity index (χ2n) is 6.88. The van der Waals surface area contributed by atoms with Gasteiger partial charge in [-0.05, 0) is 37.5 Å². The van der Waals surface area contributed by atoms with Gasteiger partial charge in [0.15, 0.2) is 0 Å². The van der Waals surface area contributed by atoms with E-state index in [1.54, 1.807) is 0 Å². The Morgan fingerprint density at radius 2 is 1.89 bits per heavy atom. The first-order valence-corrected chi connectivity index (χ1v) is 7.42. The molecule has 0 bridgehead atoms. The number of piperidine rings is 1. The van der Waals surface area contributed by atoms with Crippen LogP contribution in [0.1, 0.15) is 52.4 Å². The third-order valence-electron chi connectivity index (χ3n) is 4.82. The van der Waals surface area contributed by atoms with E-state index in [0.29, 0.717) is 30.8 Å². The monoisotopic (exact) mass is 266 g/mol. The summed E-state index contributed by atoms with van der Waals surface area (Å²) >= 11 is 0. The molecule has 1 unspecified atom stereocenters. The van der Waals surface area contributed by atoms with Gasteiger partial charge in [0.1, 0.15) is 0 Å². The molecule has 0 radical (unpaired) electrons. The minimum absolute atomic E-state index is 0.0161.